The minimum atomic E-state index is -0.0544. The number of fused-ring (bicyclic) bond motifs is 1. The van der Waals surface area contributed by atoms with Crippen LogP contribution in [0.5, 0.6) is 0 Å². The Labute approximate surface area is 84.7 Å². The normalized spacial score (nSPS) is 13.5. The summed E-state index contributed by atoms with van der Waals surface area (Å²) in [5.74, 6) is 0.877. The van der Waals surface area contributed by atoms with E-state index >= 15 is 0 Å². The standard InChI is InChI=1S/C9H10BrN3/c1-6(11)9-12-8(10)7-4-2-3-5-13(7)9/h2-6H,11H2,1H3. The van der Waals surface area contributed by atoms with Crippen LogP contribution < -0.4 is 5.73 Å². The summed E-state index contributed by atoms with van der Waals surface area (Å²) >= 11 is 3.40. The van der Waals surface area contributed by atoms with Crippen molar-refractivity contribution in [2.24, 2.45) is 5.73 Å². The quantitative estimate of drug-likeness (QED) is 0.829. The Morgan fingerprint density at radius 1 is 1.54 bits per heavy atom. The van der Waals surface area contributed by atoms with E-state index in [-0.39, 0.29) is 6.04 Å². The fourth-order valence-corrected chi connectivity index (χ4v) is 1.85. The van der Waals surface area contributed by atoms with Crippen LogP contribution in [-0.2, 0) is 0 Å². The topological polar surface area (TPSA) is 43.3 Å². The lowest BCUT2D eigenvalue weighted by molar-refractivity contribution is 0.734. The van der Waals surface area contributed by atoms with Crippen LogP contribution >= 0.6 is 15.9 Å². The number of aromatic nitrogens is 2. The minimum Gasteiger partial charge on any atom is -0.322 e. The predicted octanol–water partition coefficient (Wildman–Crippen LogP) is 2.12. The minimum absolute atomic E-state index is 0.0544. The van der Waals surface area contributed by atoms with Crippen LogP contribution in [0.4, 0.5) is 0 Å². The molecule has 2 rings (SSSR count). The van der Waals surface area contributed by atoms with E-state index in [1.54, 1.807) is 0 Å². The second-order valence-electron chi connectivity index (χ2n) is 3.01. The molecule has 0 aliphatic heterocycles. The third-order valence-electron chi connectivity index (χ3n) is 1.94. The lowest BCUT2D eigenvalue weighted by Crippen LogP contribution is -2.09. The van der Waals surface area contributed by atoms with Crippen molar-refractivity contribution < 1.29 is 0 Å². The van der Waals surface area contributed by atoms with Crippen LogP contribution in [-0.4, -0.2) is 9.38 Å². The van der Waals surface area contributed by atoms with Gasteiger partial charge in [-0.15, -0.1) is 0 Å². The average molecular weight is 240 g/mol. The maximum absolute atomic E-state index is 5.79. The summed E-state index contributed by atoms with van der Waals surface area (Å²) in [7, 11) is 0. The highest BCUT2D eigenvalue weighted by atomic mass is 79.9. The summed E-state index contributed by atoms with van der Waals surface area (Å²) in [6.45, 7) is 1.92. The van der Waals surface area contributed by atoms with E-state index in [2.05, 4.69) is 20.9 Å². The summed E-state index contributed by atoms with van der Waals surface area (Å²) in [5.41, 5.74) is 6.84. The van der Waals surface area contributed by atoms with Gasteiger partial charge >= 0.3 is 0 Å². The molecule has 1 atom stereocenters. The van der Waals surface area contributed by atoms with Gasteiger partial charge in [0.2, 0.25) is 0 Å². The maximum atomic E-state index is 5.79. The van der Waals surface area contributed by atoms with Crippen molar-refractivity contribution >= 4 is 21.4 Å². The van der Waals surface area contributed by atoms with Crippen LogP contribution in [0.2, 0.25) is 0 Å². The second kappa shape index (κ2) is 3.12. The first-order valence-electron chi connectivity index (χ1n) is 4.08. The zero-order valence-corrected chi connectivity index (χ0v) is 8.82. The lowest BCUT2D eigenvalue weighted by Gasteiger charge is -2.02. The molecule has 2 N–H and O–H groups in total. The van der Waals surface area contributed by atoms with Gasteiger partial charge in [0.25, 0.3) is 0 Å². The van der Waals surface area contributed by atoms with E-state index in [1.807, 2.05) is 35.7 Å². The number of hydrogen-bond donors (Lipinski definition) is 1. The summed E-state index contributed by atoms with van der Waals surface area (Å²) in [5, 5.41) is 0. The fourth-order valence-electron chi connectivity index (χ4n) is 1.34. The summed E-state index contributed by atoms with van der Waals surface area (Å²) in [4.78, 5) is 4.34. The van der Waals surface area contributed by atoms with Crippen molar-refractivity contribution in [3.63, 3.8) is 0 Å². The van der Waals surface area contributed by atoms with E-state index in [1.165, 1.54) is 0 Å². The van der Waals surface area contributed by atoms with Crippen LogP contribution in [0.25, 0.3) is 5.52 Å². The van der Waals surface area contributed by atoms with Crippen molar-refractivity contribution in [2.75, 3.05) is 0 Å². The summed E-state index contributed by atoms with van der Waals surface area (Å²) in [6, 6.07) is 5.89. The first kappa shape index (κ1) is 8.72. The number of rotatable bonds is 1. The van der Waals surface area contributed by atoms with Gasteiger partial charge in [0.1, 0.15) is 10.4 Å². The molecule has 2 heterocycles. The first-order chi connectivity index (χ1) is 6.20. The Morgan fingerprint density at radius 2 is 2.31 bits per heavy atom. The molecule has 68 valence electrons. The van der Waals surface area contributed by atoms with Crippen molar-refractivity contribution in [3.8, 4) is 0 Å². The molecule has 2 aromatic rings. The Balaban J connectivity index is 2.78. The monoisotopic (exact) mass is 239 g/mol. The largest absolute Gasteiger partial charge is 0.322 e. The van der Waals surface area contributed by atoms with E-state index in [9.17, 15) is 0 Å². The Bertz CT molecular complexity index is 433. The molecule has 0 amide bonds. The van der Waals surface area contributed by atoms with Gasteiger partial charge in [-0.3, -0.25) is 0 Å². The number of pyridine rings is 1. The van der Waals surface area contributed by atoms with E-state index in [0.717, 1.165) is 15.9 Å². The molecule has 0 aliphatic carbocycles. The molecule has 1 unspecified atom stereocenters. The Hall–Kier alpha value is -0.870. The number of halogens is 1. The van der Waals surface area contributed by atoms with Crippen molar-refractivity contribution in [1.29, 1.82) is 0 Å². The highest BCUT2D eigenvalue weighted by Crippen LogP contribution is 2.20. The van der Waals surface area contributed by atoms with Gasteiger partial charge in [-0.2, -0.15) is 0 Å². The number of imidazole rings is 1. The van der Waals surface area contributed by atoms with Crippen LogP contribution in [0.1, 0.15) is 18.8 Å². The van der Waals surface area contributed by atoms with Gasteiger partial charge in [-0.1, -0.05) is 6.07 Å². The average Bonchev–Trinajstić information content (AvgIpc) is 2.45. The smallest absolute Gasteiger partial charge is 0.132 e. The van der Waals surface area contributed by atoms with Crippen molar-refractivity contribution in [3.05, 3.63) is 34.8 Å². The first-order valence-corrected chi connectivity index (χ1v) is 4.87. The summed E-state index contributed by atoms with van der Waals surface area (Å²) in [6.07, 6.45) is 1.96. The molecule has 0 radical (unpaired) electrons. The molecule has 0 saturated carbocycles. The van der Waals surface area contributed by atoms with Gasteiger partial charge in [0.15, 0.2) is 0 Å². The second-order valence-corrected chi connectivity index (χ2v) is 3.76. The van der Waals surface area contributed by atoms with Gasteiger partial charge in [-0.05, 0) is 35.0 Å². The van der Waals surface area contributed by atoms with E-state index in [0.29, 0.717) is 0 Å². The highest BCUT2D eigenvalue weighted by Gasteiger charge is 2.10. The molecular formula is C9H10BrN3. The van der Waals surface area contributed by atoms with Crippen molar-refractivity contribution in [1.82, 2.24) is 9.38 Å². The zero-order chi connectivity index (χ0) is 9.42. The van der Waals surface area contributed by atoms with E-state index in [4.69, 9.17) is 5.73 Å². The molecule has 3 nitrogen and oxygen atoms in total. The number of nitrogens with zero attached hydrogens (tertiary/aromatic N) is 2. The van der Waals surface area contributed by atoms with Crippen LogP contribution in [0.15, 0.2) is 29.0 Å². The van der Waals surface area contributed by atoms with Crippen LogP contribution in [0.3, 0.4) is 0 Å². The molecule has 0 aliphatic rings. The molecule has 0 bridgehead atoms. The molecule has 2 aromatic heterocycles. The van der Waals surface area contributed by atoms with Gasteiger partial charge in [-0.25, -0.2) is 4.98 Å². The molecule has 13 heavy (non-hydrogen) atoms. The van der Waals surface area contributed by atoms with Crippen LogP contribution in [0, 0.1) is 0 Å². The molecular weight excluding hydrogens is 230 g/mol. The zero-order valence-electron chi connectivity index (χ0n) is 7.24. The molecule has 0 saturated heterocycles. The molecule has 0 aromatic carbocycles. The van der Waals surface area contributed by atoms with Crippen molar-refractivity contribution in [2.45, 2.75) is 13.0 Å². The maximum Gasteiger partial charge on any atom is 0.132 e. The number of nitrogens with two attached hydrogens (primary N) is 1. The lowest BCUT2D eigenvalue weighted by atomic mass is 10.3. The van der Waals surface area contributed by atoms with Gasteiger partial charge < -0.3 is 10.1 Å². The molecule has 4 heteroatoms. The van der Waals surface area contributed by atoms with Gasteiger partial charge in [0, 0.05) is 6.20 Å². The SMILES string of the molecule is CC(N)c1nc(Br)c2ccccn12. The summed E-state index contributed by atoms with van der Waals surface area (Å²) < 4.78 is 2.84. The predicted molar refractivity (Wildman–Crippen MR) is 55.5 cm³/mol. The third-order valence-corrected chi connectivity index (χ3v) is 2.52. The highest BCUT2D eigenvalue weighted by molar-refractivity contribution is 9.10. The molecule has 0 spiro atoms. The fraction of sp³-hybridized carbons (Fsp3) is 0.222. The Kier molecular flexibility index (Phi) is 2.09. The third kappa shape index (κ3) is 1.36. The molecule has 0 fully saturated rings. The van der Waals surface area contributed by atoms with Gasteiger partial charge in [0.05, 0.1) is 11.6 Å². The number of hydrogen-bond acceptors (Lipinski definition) is 2. The Morgan fingerprint density at radius 3 is 3.00 bits per heavy atom. The van der Waals surface area contributed by atoms with E-state index < -0.39 is 0 Å².